The van der Waals surface area contributed by atoms with Gasteiger partial charge < -0.3 is 15.4 Å². The SMILES string of the molecule is CCCNc1ncnc(NC(C)Cc2ccsc2)c1OC. The molecule has 5 nitrogen and oxygen atoms in total. The first kappa shape index (κ1) is 15.6. The van der Waals surface area contributed by atoms with Gasteiger partial charge in [-0.05, 0) is 42.2 Å². The van der Waals surface area contributed by atoms with Crippen molar-refractivity contribution in [3.63, 3.8) is 0 Å². The van der Waals surface area contributed by atoms with Crippen LogP contribution >= 0.6 is 11.3 Å². The summed E-state index contributed by atoms with van der Waals surface area (Å²) >= 11 is 1.72. The number of thiophene rings is 1. The summed E-state index contributed by atoms with van der Waals surface area (Å²) in [5.41, 5.74) is 1.33. The van der Waals surface area contributed by atoms with Crippen LogP contribution in [0.5, 0.6) is 5.75 Å². The highest BCUT2D eigenvalue weighted by Crippen LogP contribution is 2.29. The quantitative estimate of drug-likeness (QED) is 0.782. The highest BCUT2D eigenvalue weighted by molar-refractivity contribution is 7.07. The van der Waals surface area contributed by atoms with Crippen molar-refractivity contribution in [1.29, 1.82) is 0 Å². The molecule has 0 aromatic carbocycles. The fourth-order valence-electron chi connectivity index (χ4n) is 2.09. The van der Waals surface area contributed by atoms with E-state index in [0.29, 0.717) is 5.75 Å². The Balaban J connectivity index is 2.07. The molecule has 0 bridgehead atoms. The molecular weight excluding hydrogens is 284 g/mol. The molecule has 2 N–H and O–H groups in total. The van der Waals surface area contributed by atoms with Crippen molar-refractivity contribution in [2.45, 2.75) is 32.7 Å². The maximum absolute atomic E-state index is 5.46. The molecule has 114 valence electrons. The van der Waals surface area contributed by atoms with Gasteiger partial charge in [-0.1, -0.05) is 6.92 Å². The van der Waals surface area contributed by atoms with Crippen molar-refractivity contribution >= 4 is 23.0 Å². The lowest BCUT2D eigenvalue weighted by atomic mass is 10.1. The van der Waals surface area contributed by atoms with Gasteiger partial charge in [0, 0.05) is 12.6 Å². The summed E-state index contributed by atoms with van der Waals surface area (Å²) in [6, 6.07) is 2.41. The number of nitrogens with zero attached hydrogens (tertiary/aromatic N) is 2. The smallest absolute Gasteiger partial charge is 0.204 e. The fourth-order valence-corrected chi connectivity index (χ4v) is 2.77. The average molecular weight is 306 g/mol. The lowest BCUT2D eigenvalue weighted by Gasteiger charge is -2.18. The van der Waals surface area contributed by atoms with E-state index in [1.165, 1.54) is 5.56 Å². The Bertz CT molecular complexity index is 545. The molecule has 1 unspecified atom stereocenters. The van der Waals surface area contributed by atoms with E-state index in [2.05, 4.69) is 51.3 Å². The first-order valence-electron chi connectivity index (χ1n) is 7.15. The van der Waals surface area contributed by atoms with Crippen LogP contribution in [0.2, 0.25) is 0 Å². The van der Waals surface area contributed by atoms with Gasteiger partial charge in [-0.15, -0.1) is 0 Å². The molecule has 0 saturated carbocycles. The Hall–Kier alpha value is -1.82. The summed E-state index contributed by atoms with van der Waals surface area (Å²) in [6.07, 6.45) is 3.54. The van der Waals surface area contributed by atoms with Crippen LogP contribution in [0.1, 0.15) is 25.8 Å². The standard InChI is InChI=1S/C15H22N4OS/c1-4-6-16-14-13(20-3)15(18-10-17-14)19-11(2)8-12-5-7-21-9-12/h5,7,9-11H,4,6,8H2,1-3H3,(H2,16,17,18,19). The highest BCUT2D eigenvalue weighted by Gasteiger charge is 2.14. The number of aromatic nitrogens is 2. The van der Waals surface area contributed by atoms with Crippen LogP contribution in [0.3, 0.4) is 0 Å². The van der Waals surface area contributed by atoms with Gasteiger partial charge in [-0.2, -0.15) is 11.3 Å². The van der Waals surface area contributed by atoms with E-state index in [1.54, 1.807) is 24.8 Å². The second-order valence-electron chi connectivity index (χ2n) is 4.91. The first-order valence-corrected chi connectivity index (χ1v) is 8.09. The van der Waals surface area contributed by atoms with Crippen molar-refractivity contribution in [3.8, 4) is 5.75 Å². The summed E-state index contributed by atoms with van der Waals surface area (Å²) < 4.78 is 5.46. The van der Waals surface area contributed by atoms with Gasteiger partial charge in [0.15, 0.2) is 11.6 Å². The van der Waals surface area contributed by atoms with E-state index < -0.39 is 0 Å². The van der Waals surface area contributed by atoms with E-state index in [4.69, 9.17) is 4.74 Å². The first-order chi connectivity index (χ1) is 10.2. The topological polar surface area (TPSA) is 59.1 Å². The van der Waals surface area contributed by atoms with Crippen LogP contribution in [0.4, 0.5) is 11.6 Å². The lowest BCUT2D eigenvalue weighted by Crippen LogP contribution is -2.19. The van der Waals surface area contributed by atoms with Gasteiger partial charge in [-0.25, -0.2) is 9.97 Å². The van der Waals surface area contributed by atoms with Crippen molar-refractivity contribution in [2.24, 2.45) is 0 Å². The van der Waals surface area contributed by atoms with Crippen LogP contribution in [-0.4, -0.2) is 29.7 Å². The predicted molar refractivity (Wildman–Crippen MR) is 88.5 cm³/mol. The van der Waals surface area contributed by atoms with Crippen LogP contribution in [0.15, 0.2) is 23.2 Å². The molecule has 2 aromatic rings. The number of hydrogen-bond donors (Lipinski definition) is 2. The zero-order valence-corrected chi connectivity index (χ0v) is 13.5. The largest absolute Gasteiger partial charge is 0.490 e. The van der Waals surface area contributed by atoms with Crippen LogP contribution < -0.4 is 15.4 Å². The van der Waals surface area contributed by atoms with E-state index in [1.807, 2.05) is 0 Å². The summed E-state index contributed by atoms with van der Waals surface area (Å²) in [6.45, 7) is 5.11. The highest BCUT2D eigenvalue weighted by atomic mass is 32.1. The number of ether oxygens (including phenoxy) is 1. The molecule has 6 heteroatoms. The molecule has 0 aliphatic rings. The Labute approximate surface area is 129 Å². The Morgan fingerprint density at radius 3 is 2.81 bits per heavy atom. The molecule has 2 aromatic heterocycles. The molecule has 0 fully saturated rings. The van der Waals surface area contributed by atoms with E-state index in [9.17, 15) is 0 Å². The Kier molecular flexibility index (Phi) is 5.80. The monoisotopic (exact) mass is 306 g/mol. The molecule has 0 saturated heterocycles. The second kappa shape index (κ2) is 7.83. The number of anilines is 2. The number of nitrogens with one attached hydrogen (secondary N) is 2. The summed E-state index contributed by atoms with van der Waals surface area (Å²) in [4.78, 5) is 8.55. The van der Waals surface area contributed by atoms with Crippen LogP contribution in [-0.2, 0) is 6.42 Å². The molecule has 0 aliphatic carbocycles. The Morgan fingerprint density at radius 2 is 2.14 bits per heavy atom. The van der Waals surface area contributed by atoms with E-state index in [0.717, 1.165) is 31.0 Å². The number of rotatable bonds is 8. The second-order valence-corrected chi connectivity index (χ2v) is 5.69. The minimum Gasteiger partial charge on any atom is -0.490 e. The predicted octanol–water partition coefficient (Wildman–Crippen LogP) is 3.41. The van der Waals surface area contributed by atoms with Crippen LogP contribution in [0.25, 0.3) is 0 Å². The molecule has 2 heterocycles. The zero-order chi connectivity index (χ0) is 15.1. The maximum Gasteiger partial charge on any atom is 0.204 e. The van der Waals surface area contributed by atoms with Crippen molar-refractivity contribution in [3.05, 3.63) is 28.7 Å². The normalized spacial score (nSPS) is 12.0. The minimum atomic E-state index is 0.266. The molecule has 2 rings (SSSR count). The fraction of sp³-hybridized carbons (Fsp3) is 0.467. The minimum absolute atomic E-state index is 0.266. The third kappa shape index (κ3) is 4.32. The molecular formula is C15H22N4OS. The molecule has 0 amide bonds. The van der Waals surface area contributed by atoms with E-state index in [-0.39, 0.29) is 6.04 Å². The Morgan fingerprint density at radius 1 is 1.33 bits per heavy atom. The third-order valence-corrected chi connectivity index (χ3v) is 3.79. The third-order valence-electron chi connectivity index (χ3n) is 3.06. The van der Waals surface area contributed by atoms with Gasteiger partial charge in [0.05, 0.1) is 7.11 Å². The van der Waals surface area contributed by atoms with E-state index >= 15 is 0 Å². The molecule has 21 heavy (non-hydrogen) atoms. The van der Waals surface area contributed by atoms with Crippen molar-refractivity contribution in [2.75, 3.05) is 24.3 Å². The van der Waals surface area contributed by atoms with Gasteiger partial charge in [0.25, 0.3) is 0 Å². The van der Waals surface area contributed by atoms with Crippen molar-refractivity contribution in [1.82, 2.24) is 9.97 Å². The van der Waals surface area contributed by atoms with Gasteiger partial charge in [-0.3, -0.25) is 0 Å². The lowest BCUT2D eigenvalue weighted by molar-refractivity contribution is 0.414. The number of hydrogen-bond acceptors (Lipinski definition) is 6. The average Bonchev–Trinajstić information content (AvgIpc) is 2.97. The zero-order valence-electron chi connectivity index (χ0n) is 12.7. The summed E-state index contributed by atoms with van der Waals surface area (Å²) in [5.74, 6) is 2.14. The number of methoxy groups -OCH3 is 1. The van der Waals surface area contributed by atoms with Gasteiger partial charge >= 0.3 is 0 Å². The molecule has 0 radical (unpaired) electrons. The summed E-state index contributed by atoms with van der Waals surface area (Å²) in [5, 5.41) is 10.9. The van der Waals surface area contributed by atoms with Crippen LogP contribution in [0, 0.1) is 0 Å². The maximum atomic E-state index is 5.46. The molecule has 1 atom stereocenters. The summed E-state index contributed by atoms with van der Waals surface area (Å²) in [7, 11) is 1.64. The van der Waals surface area contributed by atoms with Gasteiger partial charge in [0.1, 0.15) is 6.33 Å². The molecule has 0 spiro atoms. The van der Waals surface area contributed by atoms with Crippen molar-refractivity contribution < 1.29 is 4.74 Å². The van der Waals surface area contributed by atoms with Gasteiger partial charge in [0.2, 0.25) is 5.75 Å². The molecule has 0 aliphatic heterocycles.